The van der Waals surface area contributed by atoms with Gasteiger partial charge in [-0.25, -0.2) is 14.4 Å². The zero-order chi connectivity index (χ0) is 14.1. The Kier molecular flexibility index (Phi) is 2.95. The number of halogens is 1. The molecule has 0 radical (unpaired) electrons. The Hall–Kier alpha value is -2.69. The molecule has 0 aliphatic carbocycles. The summed E-state index contributed by atoms with van der Waals surface area (Å²) < 4.78 is 15.8. The summed E-state index contributed by atoms with van der Waals surface area (Å²) in [7, 11) is 0. The van der Waals surface area contributed by atoms with Gasteiger partial charge in [-0.2, -0.15) is 0 Å². The molecule has 2 N–H and O–H groups in total. The van der Waals surface area contributed by atoms with E-state index in [1.807, 2.05) is 19.1 Å². The number of hydrogen-bond donors (Lipinski definition) is 1. The van der Waals surface area contributed by atoms with Crippen molar-refractivity contribution in [3.8, 4) is 16.9 Å². The second-order valence-electron chi connectivity index (χ2n) is 4.57. The highest BCUT2D eigenvalue weighted by atomic mass is 19.1. The molecule has 4 nitrogen and oxygen atoms in total. The molecule has 2 heterocycles. The summed E-state index contributed by atoms with van der Waals surface area (Å²) in [6, 6.07) is 8.65. The first kappa shape index (κ1) is 12.3. The Morgan fingerprint density at radius 2 is 2.05 bits per heavy atom. The third-order valence-electron chi connectivity index (χ3n) is 3.08. The maximum Gasteiger partial charge on any atom is 0.147 e. The minimum absolute atomic E-state index is 0.286. The lowest BCUT2D eigenvalue weighted by atomic mass is 10.1. The molecule has 20 heavy (non-hydrogen) atoms. The van der Waals surface area contributed by atoms with E-state index in [9.17, 15) is 4.39 Å². The average Bonchev–Trinajstić information content (AvgIpc) is 2.87. The molecule has 0 unspecified atom stereocenters. The average molecular weight is 268 g/mol. The molecular weight excluding hydrogens is 255 g/mol. The third kappa shape index (κ3) is 2.14. The first-order chi connectivity index (χ1) is 9.65. The summed E-state index contributed by atoms with van der Waals surface area (Å²) in [6.45, 7) is 1.85. The van der Waals surface area contributed by atoms with Crippen molar-refractivity contribution in [1.82, 2.24) is 14.5 Å². The van der Waals surface area contributed by atoms with Crippen molar-refractivity contribution in [3.63, 3.8) is 0 Å². The Labute approximate surface area is 115 Å². The van der Waals surface area contributed by atoms with E-state index in [4.69, 9.17) is 5.73 Å². The third-order valence-corrected chi connectivity index (χ3v) is 3.08. The quantitative estimate of drug-likeness (QED) is 0.777. The van der Waals surface area contributed by atoms with E-state index in [1.165, 1.54) is 6.07 Å². The van der Waals surface area contributed by atoms with Crippen LogP contribution >= 0.6 is 0 Å². The van der Waals surface area contributed by atoms with Gasteiger partial charge in [0.25, 0.3) is 0 Å². The molecule has 0 atom stereocenters. The van der Waals surface area contributed by atoms with Crippen LogP contribution in [0.3, 0.4) is 0 Å². The fourth-order valence-electron chi connectivity index (χ4n) is 2.12. The number of aromatic nitrogens is 3. The number of anilines is 1. The van der Waals surface area contributed by atoms with Gasteiger partial charge in [0.15, 0.2) is 0 Å². The van der Waals surface area contributed by atoms with Crippen molar-refractivity contribution in [3.05, 3.63) is 60.4 Å². The van der Waals surface area contributed by atoms with Gasteiger partial charge in [0.1, 0.15) is 11.6 Å². The van der Waals surface area contributed by atoms with Gasteiger partial charge < -0.3 is 5.73 Å². The van der Waals surface area contributed by atoms with Crippen LogP contribution in [0.4, 0.5) is 10.2 Å². The minimum atomic E-state index is -0.286. The van der Waals surface area contributed by atoms with Crippen molar-refractivity contribution in [2.45, 2.75) is 6.92 Å². The van der Waals surface area contributed by atoms with Gasteiger partial charge in [-0.15, -0.1) is 0 Å². The monoisotopic (exact) mass is 268 g/mol. The Bertz CT molecular complexity index is 764. The van der Waals surface area contributed by atoms with Gasteiger partial charge in [0.2, 0.25) is 0 Å². The van der Waals surface area contributed by atoms with Crippen LogP contribution in [0.2, 0.25) is 0 Å². The lowest BCUT2D eigenvalue weighted by Crippen LogP contribution is -1.99. The summed E-state index contributed by atoms with van der Waals surface area (Å²) in [5, 5.41) is 0. The van der Waals surface area contributed by atoms with Crippen LogP contribution in [0, 0.1) is 12.7 Å². The Morgan fingerprint density at radius 3 is 2.80 bits per heavy atom. The number of nitrogens with two attached hydrogens (primary N) is 1. The van der Waals surface area contributed by atoms with Crippen LogP contribution in [0.15, 0.2) is 49.1 Å². The van der Waals surface area contributed by atoms with Crippen LogP contribution in [0.1, 0.15) is 5.56 Å². The van der Waals surface area contributed by atoms with Gasteiger partial charge in [0, 0.05) is 11.8 Å². The molecule has 0 saturated heterocycles. The maximum absolute atomic E-state index is 14.1. The van der Waals surface area contributed by atoms with Crippen molar-refractivity contribution >= 4 is 5.82 Å². The lowest BCUT2D eigenvalue weighted by Gasteiger charge is -2.10. The molecule has 0 saturated carbocycles. The highest BCUT2D eigenvalue weighted by molar-refractivity contribution is 5.64. The number of benzene rings is 1. The number of hydrogen-bond acceptors (Lipinski definition) is 3. The fraction of sp³-hybridized carbons (Fsp3) is 0.0667. The van der Waals surface area contributed by atoms with E-state index in [0.29, 0.717) is 11.5 Å². The summed E-state index contributed by atoms with van der Waals surface area (Å²) in [6.07, 6.45) is 4.88. The molecule has 5 heteroatoms. The molecule has 100 valence electrons. The van der Waals surface area contributed by atoms with Gasteiger partial charge in [-0.3, -0.25) is 4.57 Å². The van der Waals surface area contributed by atoms with Gasteiger partial charge in [-0.1, -0.05) is 6.07 Å². The van der Waals surface area contributed by atoms with Gasteiger partial charge >= 0.3 is 0 Å². The number of pyridine rings is 1. The van der Waals surface area contributed by atoms with Crippen molar-refractivity contribution in [1.29, 1.82) is 0 Å². The van der Waals surface area contributed by atoms with Crippen LogP contribution in [-0.2, 0) is 0 Å². The molecule has 0 fully saturated rings. The zero-order valence-electron chi connectivity index (χ0n) is 10.9. The molecule has 2 aromatic heterocycles. The molecule has 0 aliphatic heterocycles. The Balaban J connectivity index is 2.15. The van der Waals surface area contributed by atoms with Crippen LogP contribution in [-0.4, -0.2) is 14.5 Å². The number of aryl methyl sites for hydroxylation is 1. The normalized spacial score (nSPS) is 10.7. The minimum Gasteiger partial charge on any atom is -0.384 e. The predicted octanol–water partition coefficient (Wildman–Crippen LogP) is 2.96. The number of nitrogens with zero attached hydrogens (tertiary/aromatic N) is 3. The molecular formula is C15H13FN4. The fourth-order valence-corrected chi connectivity index (χ4v) is 2.12. The van der Waals surface area contributed by atoms with E-state index in [-0.39, 0.29) is 5.82 Å². The molecule has 0 spiro atoms. The van der Waals surface area contributed by atoms with Crippen LogP contribution < -0.4 is 5.73 Å². The SMILES string of the molecule is Cc1ccc(-n2cncc2-c2ccnc(N)c2)c(F)c1. The molecule has 0 aliphatic rings. The van der Waals surface area contributed by atoms with Gasteiger partial charge in [-0.05, 0) is 36.8 Å². The largest absolute Gasteiger partial charge is 0.384 e. The highest BCUT2D eigenvalue weighted by Crippen LogP contribution is 2.25. The Morgan fingerprint density at radius 1 is 1.20 bits per heavy atom. The summed E-state index contributed by atoms with van der Waals surface area (Å²) in [4.78, 5) is 8.06. The van der Waals surface area contributed by atoms with Crippen LogP contribution in [0.25, 0.3) is 16.9 Å². The first-order valence-corrected chi connectivity index (χ1v) is 6.16. The van der Waals surface area contributed by atoms with E-state index in [2.05, 4.69) is 9.97 Å². The van der Waals surface area contributed by atoms with E-state index < -0.39 is 0 Å². The smallest absolute Gasteiger partial charge is 0.147 e. The molecule has 0 amide bonds. The molecule has 0 bridgehead atoms. The first-order valence-electron chi connectivity index (χ1n) is 6.16. The summed E-state index contributed by atoms with van der Waals surface area (Å²) in [5.74, 6) is 0.130. The van der Waals surface area contributed by atoms with Crippen molar-refractivity contribution in [2.75, 3.05) is 5.73 Å². The lowest BCUT2D eigenvalue weighted by molar-refractivity contribution is 0.617. The van der Waals surface area contributed by atoms with Gasteiger partial charge in [0.05, 0.1) is 23.9 Å². The van der Waals surface area contributed by atoms with Crippen molar-refractivity contribution in [2.24, 2.45) is 0 Å². The summed E-state index contributed by atoms with van der Waals surface area (Å²) >= 11 is 0. The molecule has 3 aromatic rings. The van der Waals surface area contributed by atoms with E-state index >= 15 is 0 Å². The number of nitrogen functional groups attached to an aromatic ring is 1. The highest BCUT2D eigenvalue weighted by Gasteiger charge is 2.11. The maximum atomic E-state index is 14.1. The second-order valence-corrected chi connectivity index (χ2v) is 4.57. The standard InChI is InChI=1S/C15H13FN4/c1-10-2-3-13(12(16)6-10)20-9-18-8-14(20)11-4-5-19-15(17)7-11/h2-9H,1H3,(H2,17,19). The zero-order valence-corrected chi connectivity index (χ0v) is 10.9. The van der Waals surface area contributed by atoms with E-state index in [0.717, 1.165) is 16.8 Å². The predicted molar refractivity (Wildman–Crippen MR) is 75.9 cm³/mol. The number of rotatable bonds is 2. The molecule has 3 rings (SSSR count). The van der Waals surface area contributed by atoms with E-state index in [1.54, 1.807) is 35.4 Å². The molecule has 1 aromatic carbocycles. The van der Waals surface area contributed by atoms with Crippen LogP contribution in [0.5, 0.6) is 0 Å². The second kappa shape index (κ2) is 4.77. The van der Waals surface area contributed by atoms with Crippen molar-refractivity contribution < 1.29 is 4.39 Å². The summed E-state index contributed by atoms with van der Waals surface area (Å²) in [5.41, 5.74) is 8.63. The number of imidazole rings is 1. The topological polar surface area (TPSA) is 56.7 Å².